The van der Waals surface area contributed by atoms with Gasteiger partial charge in [0.15, 0.2) is 11.9 Å². The van der Waals surface area contributed by atoms with E-state index in [1.54, 1.807) is 0 Å². The summed E-state index contributed by atoms with van der Waals surface area (Å²) in [6.45, 7) is 1.24. The van der Waals surface area contributed by atoms with E-state index in [0.717, 1.165) is 43.0 Å². The van der Waals surface area contributed by atoms with Crippen molar-refractivity contribution in [2.45, 2.75) is 38.4 Å². The number of nitrogens with one attached hydrogen (secondary N) is 1. The van der Waals surface area contributed by atoms with Crippen LogP contribution in [-0.4, -0.2) is 40.9 Å². The molecule has 25 heavy (non-hydrogen) atoms. The largest absolute Gasteiger partial charge is 0.347 e. The van der Waals surface area contributed by atoms with Gasteiger partial charge in [0.1, 0.15) is 12.2 Å². The number of hydrogen-bond donors (Lipinski definition) is 1. The van der Waals surface area contributed by atoms with Gasteiger partial charge in [-0.15, -0.1) is 15.3 Å². The molecule has 0 aliphatic carbocycles. The van der Waals surface area contributed by atoms with Gasteiger partial charge in [-0.05, 0) is 28.8 Å². The normalized spacial score (nSPS) is 14.7. The molecule has 0 fully saturated rings. The van der Waals surface area contributed by atoms with Crippen LogP contribution in [0.25, 0.3) is 0 Å². The molecular weight excluding hydrogens is 320 g/mol. The van der Waals surface area contributed by atoms with E-state index in [4.69, 9.17) is 0 Å². The van der Waals surface area contributed by atoms with Crippen molar-refractivity contribution in [3.8, 4) is 0 Å². The van der Waals surface area contributed by atoms with Crippen LogP contribution in [0.15, 0.2) is 36.7 Å². The van der Waals surface area contributed by atoms with Crippen LogP contribution in [0.1, 0.15) is 36.1 Å². The molecule has 2 aromatic heterocycles. The number of fused-ring (bicyclic) bond motifs is 1. The highest BCUT2D eigenvalue weighted by Crippen LogP contribution is 2.18. The lowest BCUT2D eigenvalue weighted by molar-refractivity contribution is -0.123. The van der Waals surface area contributed by atoms with Crippen molar-refractivity contribution < 1.29 is 4.79 Å². The molecule has 0 unspecified atom stereocenters. The Morgan fingerprint density at radius 1 is 1.20 bits per heavy atom. The maximum Gasteiger partial charge on any atom is 0.249 e. The molecule has 0 radical (unpaired) electrons. The Kier molecular flexibility index (Phi) is 4.19. The van der Waals surface area contributed by atoms with Crippen LogP contribution < -0.4 is 5.32 Å². The van der Waals surface area contributed by atoms with E-state index in [9.17, 15) is 4.79 Å². The second kappa shape index (κ2) is 6.80. The lowest BCUT2D eigenvalue weighted by Crippen LogP contribution is -2.34. The number of benzene rings is 1. The predicted molar refractivity (Wildman–Crippen MR) is 87.2 cm³/mol. The molecule has 0 saturated carbocycles. The van der Waals surface area contributed by atoms with Gasteiger partial charge in [-0.2, -0.15) is 0 Å². The van der Waals surface area contributed by atoms with Crippen LogP contribution in [0.4, 0.5) is 0 Å². The van der Waals surface area contributed by atoms with Crippen LogP contribution >= 0.6 is 0 Å². The quantitative estimate of drug-likeness (QED) is 0.727. The molecular formula is C16H18N8O. The zero-order valence-corrected chi connectivity index (χ0v) is 13.6. The summed E-state index contributed by atoms with van der Waals surface area (Å²) in [6.07, 6.45) is 4.64. The molecule has 1 aliphatic rings. The highest BCUT2D eigenvalue weighted by Gasteiger charge is 2.24. The Morgan fingerprint density at radius 3 is 2.88 bits per heavy atom. The molecule has 128 valence electrons. The van der Waals surface area contributed by atoms with E-state index in [1.165, 1.54) is 11.0 Å². The van der Waals surface area contributed by atoms with Gasteiger partial charge in [0, 0.05) is 13.0 Å². The van der Waals surface area contributed by atoms with E-state index in [2.05, 4.69) is 35.6 Å². The topological polar surface area (TPSA) is 103 Å². The third kappa shape index (κ3) is 3.12. The molecule has 0 spiro atoms. The number of amides is 1. The van der Waals surface area contributed by atoms with Gasteiger partial charge in [0.2, 0.25) is 5.91 Å². The Bertz CT molecular complexity index is 842. The minimum absolute atomic E-state index is 0.188. The number of aryl methyl sites for hydroxylation is 1. The van der Waals surface area contributed by atoms with Crippen molar-refractivity contribution in [2.24, 2.45) is 0 Å². The number of carbonyl (C=O) groups excluding carboxylic acids is 1. The van der Waals surface area contributed by atoms with Crippen molar-refractivity contribution in [1.82, 2.24) is 40.3 Å². The summed E-state index contributed by atoms with van der Waals surface area (Å²) >= 11 is 0. The third-order valence-corrected chi connectivity index (χ3v) is 4.35. The van der Waals surface area contributed by atoms with Crippen LogP contribution in [0, 0.1) is 0 Å². The maximum atomic E-state index is 12.8. The van der Waals surface area contributed by atoms with Crippen molar-refractivity contribution in [3.63, 3.8) is 0 Å². The molecule has 0 bridgehead atoms. The van der Waals surface area contributed by atoms with Gasteiger partial charge in [0.25, 0.3) is 0 Å². The first-order valence-corrected chi connectivity index (χ1v) is 8.29. The summed E-state index contributed by atoms with van der Waals surface area (Å²) < 4.78 is 3.54. The number of tetrazole rings is 1. The van der Waals surface area contributed by atoms with Crippen molar-refractivity contribution in [1.29, 1.82) is 0 Å². The minimum atomic E-state index is -0.625. The van der Waals surface area contributed by atoms with Crippen molar-refractivity contribution in [2.75, 3.05) is 0 Å². The molecule has 1 N–H and O–H groups in total. The van der Waals surface area contributed by atoms with Gasteiger partial charge < -0.3 is 9.88 Å². The first-order chi connectivity index (χ1) is 12.3. The fourth-order valence-corrected chi connectivity index (χ4v) is 3.11. The summed E-state index contributed by atoms with van der Waals surface area (Å²) in [5, 5.41) is 22.6. The van der Waals surface area contributed by atoms with Gasteiger partial charge in [-0.25, -0.2) is 4.68 Å². The minimum Gasteiger partial charge on any atom is -0.347 e. The standard InChI is InChI=1S/C16H18N8O/c25-16(17-10-14-20-19-13-8-4-5-9-23(13)14)15(24-11-18-21-22-24)12-6-2-1-3-7-12/h1-3,6-7,11,15H,4-5,8-10H2,(H,17,25)/t15-/m1/s1. The second-order valence-corrected chi connectivity index (χ2v) is 5.96. The fraction of sp³-hybridized carbons (Fsp3) is 0.375. The molecule has 3 heterocycles. The third-order valence-electron chi connectivity index (χ3n) is 4.35. The number of carbonyl (C=O) groups is 1. The van der Waals surface area contributed by atoms with Crippen LogP contribution in [0.3, 0.4) is 0 Å². The average Bonchev–Trinajstić information content (AvgIpc) is 3.31. The van der Waals surface area contributed by atoms with E-state index >= 15 is 0 Å². The number of aromatic nitrogens is 7. The maximum absolute atomic E-state index is 12.8. The smallest absolute Gasteiger partial charge is 0.249 e. The number of hydrogen-bond acceptors (Lipinski definition) is 6. The van der Waals surface area contributed by atoms with Crippen LogP contribution in [0.5, 0.6) is 0 Å². The Balaban J connectivity index is 1.53. The number of nitrogens with zero attached hydrogens (tertiary/aromatic N) is 7. The van der Waals surface area contributed by atoms with Gasteiger partial charge in [-0.1, -0.05) is 30.3 Å². The van der Waals surface area contributed by atoms with E-state index in [0.29, 0.717) is 6.54 Å². The molecule has 1 aliphatic heterocycles. The van der Waals surface area contributed by atoms with Gasteiger partial charge >= 0.3 is 0 Å². The summed E-state index contributed by atoms with van der Waals surface area (Å²) in [4.78, 5) is 12.8. The van der Waals surface area contributed by atoms with E-state index in [-0.39, 0.29) is 5.91 Å². The Hall–Kier alpha value is -3.10. The lowest BCUT2D eigenvalue weighted by atomic mass is 10.1. The zero-order valence-electron chi connectivity index (χ0n) is 13.6. The monoisotopic (exact) mass is 338 g/mol. The molecule has 1 aromatic carbocycles. The summed E-state index contributed by atoms with van der Waals surface area (Å²) in [6, 6.07) is 8.81. The SMILES string of the molecule is O=C(NCc1nnc2n1CCCC2)[C@@H](c1ccccc1)n1cnnn1. The van der Waals surface area contributed by atoms with Crippen LogP contribution in [0.2, 0.25) is 0 Å². The fourth-order valence-electron chi connectivity index (χ4n) is 3.11. The van der Waals surface area contributed by atoms with Gasteiger partial charge in [-0.3, -0.25) is 4.79 Å². The highest BCUT2D eigenvalue weighted by molar-refractivity contribution is 5.83. The predicted octanol–water partition coefficient (Wildman–Crippen LogP) is 0.507. The molecule has 9 nitrogen and oxygen atoms in total. The van der Waals surface area contributed by atoms with E-state index in [1.807, 2.05) is 30.3 Å². The summed E-state index contributed by atoms with van der Waals surface area (Å²) in [7, 11) is 0. The summed E-state index contributed by atoms with van der Waals surface area (Å²) in [5.41, 5.74) is 0.815. The second-order valence-electron chi connectivity index (χ2n) is 5.96. The van der Waals surface area contributed by atoms with Crippen molar-refractivity contribution in [3.05, 3.63) is 53.9 Å². The highest BCUT2D eigenvalue weighted by atomic mass is 16.2. The van der Waals surface area contributed by atoms with E-state index < -0.39 is 6.04 Å². The molecule has 0 saturated heterocycles. The molecule has 1 amide bonds. The molecule has 9 heteroatoms. The zero-order chi connectivity index (χ0) is 17.1. The van der Waals surface area contributed by atoms with Gasteiger partial charge in [0.05, 0.1) is 6.54 Å². The molecule has 3 aromatic rings. The Labute approximate surface area is 144 Å². The summed E-state index contributed by atoms with van der Waals surface area (Å²) in [5.74, 6) is 1.59. The molecule has 4 rings (SSSR count). The average molecular weight is 338 g/mol. The van der Waals surface area contributed by atoms with Crippen LogP contribution in [-0.2, 0) is 24.3 Å². The molecule has 1 atom stereocenters. The first-order valence-electron chi connectivity index (χ1n) is 8.29. The first kappa shape index (κ1) is 15.4. The van der Waals surface area contributed by atoms with Crippen molar-refractivity contribution >= 4 is 5.91 Å². The lowest BCUT2D eigenvalue weighted by Gasteiger charge is -2.18. The Morgan fingerprint density at radius 2 is 2.08 bits per heavy atom. The number of rotatable bonds is 5.